The summed E-state index contributed by atoms with van der Waals surface area (Å²) in [5.41, 5.74) is 0.299. The fraction of sp³-hybridized carbons (Fsp3) is 0.636. The quantitative estimate of drug-likeness (QED) is 0.626. The number of azo groups is 1. The van der Waals surface area contributed by atoms with Crippen LogP contribution in [0.2, 0.25) is 0 Å². The van der Waals surface area contributed by atoms with Crippen LogP contribution in [0.15, 0.2) is 34.7 Å². The molecule has 0 aromatic rings. The molecule has 3 heteroatoms. The van der Waals surface area contributed by atoms with Crippen molar-refractivity contribution in [1.29, 1.82) is 0 Å². The topological polar surface area (TPSA) is 28.0 Å². The highest BCUT2D eigenvalue weighted by atomic mass is 15.5. The van der Waals surface area contributed by atoms with Crippen LogP contribution in [0.5, 0.6) is 0 Å². The molecule has 0 radical (unpaired) electrons. The van der Waals surface area contributed by atoms with Gasteiger partial charge >= 0.3 is 0 Å². The zero-order valence-electron chi connectivity index (χ0n) is 9.01. The minimum Gasteiger partial charge on any atom is -0.328 e. The Kier molecular flexibility index (Phi) is 2.17. The Balaban J connectivity index is 2.06. The monoisotopic (exact) mass is 191 g/mol. The number of rotatable bonds is 1. The Morgan fingerprint density at radius 2 is 2.00 bits per heavy atom. The van der Waals surface area contributed by atoms with E-state index in [-0.39, 0.29) is 12.3 Å². The Morgan fingerprint density at radius 3 is 2.71 bits per heavy atom. The second-order valence-corrected chi connectivity index (χ2v) is 5.06. The highest BCUT2D eigenvalue weighted by molar-refractivity contribution is 5.14. The van der Waals surface area contributed by atoms with E-state index in [1.807, 2.05) is 12.2 Å². The Labute approximate surface area is 85.2 Å². The van der Waals surface area contributed by atoms with Crippen molar-refractivity contribution in [2.75, 3.05) is 0 Å². The molecule has 14 heavy (non-hydrogen) atoms. The molecule has 2 rings (SSSR count). The lowest BCUT2D eigenvalue weighted by Gasteiger charge is -2.29. The minimum absolute atomic E-state index is 0.146. The molecule has 0 bridgehead atoms. The molecule has 0 spiro atoms. The van der Waals surface area contributed by atoms with Gasteiger partial charge in [-0.25, -0.2) is 0 Å². The second-order valence-electron chi connectivity index (χ2n) is 5.06. The van der Waals surface area contributed by atoms with Crippen molar-refractivity contribution in [3.8, 4) is 0 Å². The lowest BCUT2D eigenvalue weighted by molar-refractivity contribution is 0.216. The number of hydrogen-bond donors (Lipinski definition) is 0. The van der Waals surface area contributed by atoms with E-state index in [9.17, 15) is 0 Å². The predicted octanol–water partition coefficient (Wildman–Crippen LogP) is 2.93. The largest absolute Gasteiger partial charge is 0.328 e. The van der Waals surface area contributed by atoms with E-state index >= 15 is 0 Å². The summed E-state index contributed by atoms with van der Waals surface area (Å²) in [6, 6.07) is 0. The van der Waals surface area contributed by atoms with Gasteiger partial charge < -0.3 is 4.90 Å². The fourth-order valence-corrected chi connectivity index (χ4v) is 1.77. The van der Waals surface area contributed by atoms with Crippen LogP contribution in [-0.4, -0.2) is 17.2 Å². The van der Waals surface area contributed by atoms with Crippen LogP contribution < -0.4 is 0 Å². The average Bonchev–Trinajstić information content (AvgIpc) is 2.47. The third kappa shape index (κ3) is 1.86. The van der Waals surface area contributed by atoms with Gasteiger partial charge in [0.1, 0.15) is 6.17 Å². The molecule has 0 amide bonds. The average molecular weight is 191 g/mol. The van der Waals surface area contributed by atoms with E-state index in [0.717, 1.165) is 6.42 Å². The lowest BCUT2D eigenvalue weighted by Crippen LogP contribution is -2.34. The van der Waals surface area contributed by atoms with Gasteiger partial charge in [0.2, 0.25) is 0 Å². The van der Waals surface area contributed by atoms with Gasteiger partial charge in [-0.1, -0.05) is 26.8 Å². The van der Waals surface area contributed by atoms with E-state index in [1.54, 1.807) is 0 Å². The zero-order chi connectivity index (χ0) is 10.2. The van der Waals surface area contributed by atoms with Crippen LogP contribution in [-0.2, 0) is 0 Å². The van der Waals surface area contributed by atoms with Gasteiger partial charge in [-0.15, -0.1) is 0 Å². The van der Waals surface area contributed by atoms with Gasteiger partial charge in [0.05, 0.1) is 0 Å². The first-order valence-corrected chi connectivity index (χ1v) is 5.09. The van der Waals surface area contributed by atoms with Gasteiger partial charge in [-0.2, -0.15) is 10.2 Å². The standard InChI is InChI=1S/C11H17N3/c1-11(2,3)8-10-13-12-9-6-4-5-7-14(9)10/h4-7,9-10H,8H2,1-3H3. The summed E-state index contributed by atoms with van der Waals surface area (Å²) in [4.78, 5) is 2.21. The molecule has 2 aliphatic rings. The number of hydrogen-bond acceptors (Lipinski definition) is 3. The molecule has 2 aliphatic heterocycles. The van der Waals surface area contributed by atoms with Crippen molar-refractivity contribution in [2.24, 2.45) is 15.6 Å². The summed E-state index contributed by atoms with van der Waals surface area (Å²) in [7, 11) is 0. The van der Waals surface area contributed by atoms with Gasteiger partial charge in [0.25, 0.3) is 0 Å². The first-order valence-electron chi connectivity index (χ1n) is 5.09. The summed E-state index contributed by atoms with van der Waals surface area (Å²) in [6.07, 6.45) is 9.65. The van der Waals surface area contributed by atoms with E-state index in [4.69, 9.17) is 0 Å². The third-order valence-corrected chi connectivity index (χ3v) is 2.42. The molecular weight excluding hydrogens is 174 g/mol. The molecule has 0 aromatic carbocycles. The van der Waals surface area contributed by atoms with Crippen LogP contribution in [0.3, 0.4) is 0 Å². The van der Waals surface area contributed by atoms with Crippen LogP contribution >= 0.6 is 0 Å². The summed E-state index contributed by atoms with van der Waals surface area (Å²) in [5, 5.41) is 8.55. The van der Waals surface area contributed by atoms with Gasteiger partial charge in [-0.05, 0) is 24.0 Å². The van der Waals surface area contributed by atoms with Crippen LogP contribution in [0.25, 0.3) is 0 Å². The van der Waals surface area contributed by atoms with Gasteiger partial charge in [0, 0.05) is 6.20 Å². The first kappa shape index (κ1) is 9.44. The molecule has 0 aromatic heterocycles. The molecule has 2 atom stereocenters. The number of nitrogens with zero attached hydrogens (tertiary/aromatic N) is 3. The Morgan fingerprint density at radius 1 is 1.21 bits per heavy atom. The Hall–Kier alpha value is -1.12. The van der Waals surface area contributed by atoms with Crippen molar-refractivity contribution >= 4 is 0 Å². The molecule has 2 heterocycles. The van der Waals surface area contributed by atoms with Crippen LogP contribution in [0.1, 0.15) is 27.2 Å². The maximum absolute atomic E-state index is 4.31. The highest BCUT2D eigenvalue weighted by Crippen LogP contribution is 2.30. The zero-order valence-corrected chi connectivity index (χ0v) is 9.01. The second kappa shape index (κ2) is 3.23. The molecule has 2 unspecified atom stereocenters. The molecule has 0 fully saturated rings. The van der Waals surface area contributed by atoms with Gasteiger partial charge in [0.15, 0.2) is 6.17 Å². The maximum Gasteiger partial charge on any atom is 0.162 e. The highest BCUT2D eigenvalue weighted by Gasteiger charge is 2.31. The molecule has 0 N–H and O–H groups in total. The van der Waals surface area contributed by atoms with E-state index in [2.05, 4.69) is 48.2 Å². The van der Waals surface area contributed by atoms with Crippen molar-refractivity contribution in [3.63, 3.8) is 0 Å². The van der Waals surface area contributed by atoms with Crippen molar-refractivity contribution < 1.29 is 0 Å². The normalized spacial score (nSPS) is 29.8. The summed E-state index contributed by atoms with van der Waals surface area (Å²) >= 11 is 0. The summed E-state index contributed by atoms with van der Waals surface area (Å²) < 4.78 is 0. The van der Waals surface area contributed by atoms with Crippen molar-refractivity contribution in [1.82, 2.24) is 4.90 Å². The minimum atomic E-state index is 0.146. The fourth-order valence-electron chi connectivity index (χ4n) is 1.77. The summed E-state index contributed by atoms with van der Waals surface area (Å²) in [6.45, 7) is 6.71. The molecule has 0 aliphatic carbocycles. The van der Waals surface area contributed by atoms with E-state index < -0.39 is 0 Å². The van der Waals surface area contributed by atoms with E-state index in [0.29, 0.717) is 5.41 Å². The van der Waals surface area contributed by atoms with Gasteiger partial charge in [-0.3, -0.25) is 0 Å². The predicted molar refractivity (Wildman–Crippen MR) is 56.6 cm³/mol. The number of fused-ring (bicyclic) bond motifs is 1. The Bertz CT molecular complexity index is 296. The van der Waals surface area contributed by atoms with E-state index in [1.165, 1.54) is 0 Å². The van der Waals surface area contributed by atoms with Crippen LogP contribution in [0.4, 0.5) is 0 Å². The smallest absolute Gasteiger partial charge is 0.162 e. The molecule has 76 valence electrons. The third-order valence-electron chi connectivity index (χ3n) is 2.42. The summed E-state index contributed by atoms with van der Waals surface area (Å²) in [5.74, 6) is 0. The molecular formula is C11H17N3. The SMILES string of the molecule is CC(C)(C)CC1N=NC2C=CC=CN21. The lowest BCUT2D eigenvalue weighted by atomic mass is 9.90. The van der Waals surface area contributed by atoms with Crippen LogP contribution in [0, 0.1) is 5.41 Å². The van der Waals surface area contributed by atoms with Crippen molar-refractivity contribution in [2.45, 2.75) is 39.5 Å². The first-order chi connectivity index (χ1) is 6.56. The molecule has 0 saturated heterocycles. The maximum atomic E-state index is 4.31. The molecule has 3 nitrogen and oxygen atoms in total. The number of allylic oxidation sites excluding steroid dienone is 2. The van der Waals surface area contributed by atoms with Crippen molar-refractivity contribution in [3.05, 3.63) is 24.4 Å². The molecule has 0 saturated carbocycles.